The van der Waals surface area contributed by atoms with E-state index in [1.165, 1.54) is 0 Å². The molecule has 6 heteroatoms. The van der Waals surface area contributed by atoms with E-state index in [1.54, 1.807) is 0 Å². The number of nitrogens with zero attached hydrogens (tertiary/aromatic N) is 3. The number of carboxylic acid groups (broad SMARTS) is 1. The second kappa shape index (κ2) is 4.72. The minimum absolute atomic E-state index is 0.110. The summed E-state index contributed by atoms with van der Waals surface area (Å²) in [5, 5.41) is 10.0. The fourth-order valence-electron chi connectivity index (χ4n) is 2.54. The maximum Gasteiger partial charge on any atom is 0.374 e. The lowest BCUT2D eigenvalue weighted by atomic mass is 10.1. The van der Waals surface area contributed by atoms with Gasteiger partial charge in [-0.1, -0.05) is 6.07 Å². The van der Waals surface area contributed by atoms with Gasteiger partial charge in [0.2, 0.25) is 5.82 Å². The van der Waals surface area contributed by atoms with Gasteiger partial charge in [0.25, 0.3) is 0 Å². The second-order valence-electron chi connectivity index (χ2n) is 5.19. The first-order valence-corrected chi connectivity index (χ1v) is 6.57. The van der Waals surface area contributed by atoms with E-state index < -0.39 is 5.97 Å². The molecule has 0 spiro atoms. The number of nitrogens with two attached hydrogens (primary N) is 1. The third-order valence-electron chi connectivity index (χ3n) is 3.55. The molecular formula is C14H16N4O2. The van der Waals surface area contributed by atoms with E-state index in [9.17, 15) is 4.79 Å². The van der Waals surface area contributed by atoms with Crippen molar-refractivity contribution in [1.82, 2.24) is 9.97 Å². The Morgan fingerprint density at radius 1 is 1.45 bits per heavy atom. The van der Waals surface area contributed by atoms with Crippen molar-refractivity contribution >= 4 is 22.7 Å². The number of carbonyl (C=O) groups is 1. The summed E-state index contributed by atoms with van der Waals surface area (Å²) in [6, 6.07) is 5.91. The van der Waals surface area contributed by atoms with Crippen LogP contribution >= 0.6 is 0 Å². The molecule has 104 valence electrons. The first-order valence-electron chi connectivity index (χ1n) is 6.57. The molecular weight excluding hydrogens is 256 g/mol. The van der Waals surface area contributed by atoms with Crippen LogP contribution in [0.25, 0.3) is 10.9 Å². The van der Waals surface area contributed by atoms with Crippen molar-refractivity contribution in [3.05, 3.63) is 29.6 Å². The Hall–Kier alpha value is -2.21. The van der Waals surface area contributed by atoms with Crippen molar-refractivity contribution < 1.29 is 9.90 Å². The Bertz CT molecular complexity index is 686. The van der Waals surface area contributed by atoms with Crippen molar-refractivity contribution in [3.63, 3.8) is 0 Å². The lowest BCUT2D eigenvalue weighted by molar-refractivity contribution is 0.0684. The molecule has 1 aliphatic heterocycles. The molecule has 1 unspecified atom stereocenters. The normalized spacial score (nSPS) is 18.7. The van der Waals surface area contributed by atoms with Crippen molar-refractivity contribution in [1.29, 1.82) is 0 Å². The van der Waals surface area contributed by atoms with Gasteiger partial charge in [-0.05, 0) is 31.0 Å². The minimum Gasteiger partial charge on any atom is -0.475 e. The molecule has 1 aromatic heterocycles. The average Bonchev–Trinajstić information content (AvgIpc) is 2.83. The topological polar surface area (TPSA) is 92.3 Å². The van der Waals surface area contributed by atoms with Crippen molar-refractivity contribution in [2.45, 2.75) is 19.4 Å². The van der Waals surface area contributed by atoms with Gasteiger partial charge in [0.05, 0.1) is 5.52 Å². The van der Waals surface area contributed by atoms with Gasteiger partial charge in [0.15, 0.2) is 0 Å². The van der Waals surface area contributed by atoms with Crippen molar-refractivity contribution in [3.8, 4) is 0 Å². The SMILES string of the molecule is Cc1ccc2c(N3CCC(N)C3)nc(C(=O)O)nc2c1. The van der Waals surface area contributed by atoms with Crippen LogP contribution in [0, 0.1) is 6.92 Å². The van der Waals surface area contributed by atoms with Gasteiger partial charge in [-0.3, -0.25) is 0 Å². The van der Waals surface area contributed by atoms with E-state index in [0.29, 0.717) is 17.9 Å². The smallest absolute Gasteiger partial charge is 0.374 e. The third kappa shape index (κ3) is 2.18. The molecule has 1 aliphatic rings. The molecule has 2 heterocycles. The number of hydrogen-bond donors (Lipinski definition) is 2. The summed E-state index contributed by atoms with van der Waals surface area (Å²) < 4.78 is 0. The summed E-state index contributed by atoms with van der Waals surface area (Å²) in [5.74, 6) is -0.614. The number of aryl methyl sites for hydroxylation is 1. The van der Waals surface area contributed by atoms with Gasteiger partial charge in [-0.2, -0.15) is 0 Å². The van der Waals surface area contributed by atoms with Gasteiger partial charge in [0, 0.05) is 24.5 Å². The number of aromatic nitrogens is 2. The van der Waals surface area contributed by atoms with E-state index >= 15 is 0 Å². The number of fused-ring (bicyclic) bond motifs is 1. The summed E-state index contributed by atoms with van der Waals surface area (Å²) in [6.07, 6.45) is 0.889. The third-order valence-corrected chi connectivity index (χ3v) is 3.55. The molecule has 3 rings (SSSR count). The maximum atomic E-state index is 11.2. The zero-order chi connectivity index (χ0) is 14.3. The molecule has 3 N–H and O–H groups in total. The van der Waals surface area contributed by atoms with E-state index in [0.717, 1.165) is 23.9 Å². The molecule has 0 bridgehead atoms. The van der Waals surface area contributed by atoms with Gasteiger partial charge < -0.3 is 15.7 Å². The molecule has 6 nitrogen and oxygen atoms in total. The summed E-state index contributed by atoms with van der Waals surface area (Å²) in [7, 11) is 0. The molecule has 20 heavy (non-hydrogen) atoms. The maximum absolute atomic E-state index is 11.2. The van der Waals surface area contributed by atoms with Crippen LogP contribution in [0.5, 0.6) is 0 Å². The van der Waals surface area contributed by atoms with E-state index in [4.69, 9.17) is 10.8 Å². The number of carboxylic acids is 1. The highest BCUT2D eigenvalue weighted by Gasteiger charge is 2.24. The van der Waals surface area contributed by atoms with Gasteiger partial charge >= 0.3 is 5.97 Å². The van der Waals surface area contributed by atoms with Crippen molar-refractivity contribution in [2.75, 3.05) is 18.0 Å². The number of aromatic carboxylic acids is 1. The van der Waals surface area contributed by atoms with Gasteiger partial charge in [0.1, 0.15) is 5.82 Å². The molecule has 0 amide bonds. The largest absolute Gasteiger partial charge is 0.475 e. The molecule has 1 aromatic carbocycles. The Kier molecular flexibility index (Phi) is 3.02. The lowest BCUT2D eigenvalue weighted by Crippen LogP contribution is -2.27. The monoisotopic (exact) mass is 272 g/mol. The average molecular weight is 272 g/mol. The lowest BCUT2D eigenvalue weighted by Gasteiger charge is -2.19. The van der Waals surface area contributed by atoms with Crippen LogP contribution in [0.2, 0.25) is 0 Å². The highest BCUT2D eigenvalue weighted by molar-refractivity contribution is 5.94. The molecule has 1 fully saturated rings. The number of rotatable bonds is 2. The fraction of sp³-hybridized carbons (Fsp3) is 0.357. The van der Waals surface area contributed by atoms with Crippen LogP contribution in [0.15, 0.2) is 18.2 Å². The predicted octanol–water partition coefficient (Wildman–Crippen LogP) is 1.17. The zero-order valence-electron chi connectivity index (χ0n) is 11.2. The second-order valence-corrected chi connectivity index (χ2v) is 5.19. The van der Waals surface area contributed by atoms with E-state index in [2.05, 4.69) is 9.97 Å². The standard InChI is InChI=1S/C14H16N4O2/c1-8-2-3-10-11(6-8)16-12(14(19)20)17-13(10)18-5-4-9(15)7-18/h2-3,6,9H,4-5,7,15H2,1H3,(H,19,20). The molecule has 0 saturated carbocycles. The zero-order valence-corrected chi connectivity index (χ0v) is 11.2. The Labute approximate surface area is 116 Å². The first kappa shape index (κ1) is 12.8. The molecule has 1 atom stereocenters. The van der Waals surface area contributed by atoms with Gasteiger partial charge in [-0.15, -0.1) is 0 Å². The van der Waals surface area contributed by atoms with Crippen molar-refractivity contribution in [2.24, 2.45) is 5.73 Å². The Balaban J connectivity index is 2.20. The van der Waals surface area contributed by atoms with Crippen LogP contribution in [0.4, 0.5) is 5.82 Å². The van der Waals surface area contributed by atoms with E-state index in [-0.39, 0.29) is 11.9 Å². The predicted molar refractivity (Wildman–Crippen MR) is 76.0 cm³/mol. The fourth-order valence-corrected chi connectivity index (χ4v) is 2.54. The summed E-state index contributed by atoms with van der Waals surface area (Å²) >= 11 is 0. The van der Waals surface area contributed by atoms with Crippen LogP contribution in [-0.4, -0.2) is 40.2 Å². The summed E-state index contributed by atoms with van der Waals surface area (Å²) in [5.41, 5.74) is 7.63. The van der Waals surface area contributed by atoms with Crippen LogP contribution in [-0.2, 0) is 0 Å². The molecule has 1 saturated heterocycles. The molecule has 0 radical (unpaired) electrons. The van der Waals surface area contributed by atoms with Crippen LogP contribution in [0.1, 0.15) is 22.6 Å². The number of hydrogen-bond acceptors (Lipinski definition) is 5. The van der Waals surface area contributed by atoms with E-state index in [1.807, 2.05) is 30.0 Å². The molecule has 0 aliphatic carbocycles. The number of benzene rings is 1. The first-order chi connectivity index (χ1) is 9.54. The highest BCUT2D eigenvalue weighted by Crippen LogP contribution is 2.27. The Morgan fingerprint density at radius 3 is 2.90 bits per heavy atom. The Morgan fingerprint density at radius 2 is 2.25 bits per heavy atom. The summed E-state index contributed by atoms with van der Waals surface area (Å²) in [6.45, 7) is 3.44. The highest BCUT2D eigenvalue weighted by atomic mass is 16.4. The number of anilines is 1. The van der Waals surface area contributed by atoms with Crippen LogP contribution < -0.4 is 10.6 Å². The quantitative estimate of drug-likeness (QED) is 0.852. The summed E-state index contributed by atoms with van der Waals surface area (Å²) in [4.78, 5) is 21.6. The minimum atomic E-state index is -1.11. The molecule has 2 aromatic rings. The van der Waals surface area contributed by atoms with Gasteiger partial charge in [-0.25, -0.2) is 14.8 Å². The van der Waals surface area contributed by atoms with Crippen LogP contribution in [0.3, 0.4) is 0 Å².